The van der Waals surface area contributed by atoms with Crippen molar-refractivity contribution in [2.45, 2.75) is 39.3 Å². The molecule has 0 saturated carbocycles. The molecule has 0 bridgehead atoms. The summed E-state index contributed by atoms with van der Waals surface area (Å²) >= 11 is 0. The third-order valence-corrected chi connectivity index (χ3v) is 6.74. The van der Waals surface area contributed by atoms with Crippen LogP contribution in [0.25, 0.3) is 0 Å². The zero-order valence-electron chi connectivity index (χ0n) is 14.9. The molecule has 26 heavy (non-hydrogen) atoms. The highest BCUT2D eigenvalue weighted by Crippen LogP contribution is 2.23. The van der Waals surface area contributed by atoms with Gasteiger partial charge in [-0.1, -0.05) is 0 Å². The third-order valence-electron chi connectivity index (χ3n) is 3.68. The predicted molar refractivity (Wildman–Crippen MR) is 87.5 cm³/mol. The van der Waals surface area contributed by atoms with Gasteiger partial charge >= 0.3 is 8.56 Å². The Labute approximate surface area is 149 Å². The standard InChI is InChI=1S/C16H22F5NO3Si/c1-4-24-26(3,25-5-2)9-7-6-8-22-16(23)10-11(17)13(19)15(21)14(20)12(10)18/h4-9H2,1-3H3,(H,22,23). The van der Waals surface area contributed by atoms with E-state index in [9.17, 15) is 26.7 Å². The first-order valence-electron chi connectivity index (χ1n) is 8.26. The van der Waals surface area contributed by atoms with Crippen molar-refractivity contribution in [2.75, 3.05) is 19.8 Å². The van der Waals surface area contributed by atoms with Crippen LogP contribution < -0.4 is 5.32 Å². The summed E-state index contributed by atoms with van der Waals surface area (Å²) in [5, 5.41) is 2.16. The molecular formula is C16H22F5NO3Si. The number of hydrogen-bond donors (Lipinski definition) is 1. The van der Waals surface area contributed by atoms with E-state index in [-0.39, 0.29) is 6.54 Å². The van der Waals surface area contributed by atoms with Gasteiger partial charge in [0.15, 0.2) is 23.3 Å². The van der Waals surface area contributed by atoms with E-state index in [1.807, 2.05) is 20.4 Å². The predicted octanol–water partition coefficient (Wildman–Crippen LogP) is 4.04. The molecule has 0 atom stereocenters. The Morgan fingerprint density at radius 3 is 1.81 bits per heavy atom. The highest BCUT2D eigenvalue weighted by molar-refractivity contribution is 6.66. The van der Waals surface area contributed by atoms with Crippen molar-refractivity contribution in [3.63, 3.8) is 0 Å². The van der Waals surface area contributed by atoms with Gasteiger partial charge in [-0.05, 0) is 39.3 Å². The fourth-order valence-corrected chi connectivity index (χ4v) is 4.95. The summed E-state index contributed by atoms with van der Waals surface area (Å²) in [6, 6.07) is 0.646. The lowest BCUT2D eigenvalue weighted by molar-refractivity contribution is 0.0941. The second-order valence-corrected chi connectivity index (χ2v) is 9.00. The number of hydrogen-bond acceptors (Lipinski definition) is 3. The van der Waals surface area contributed by atoms with Gasteiger partial charge in [0.05, 0.1) is 0 Å². The van der Waals surface area contributed by atoms with E-state index in [1.165, 1.54) is 0 Å². The number of nitrogens with one attached hydrogen (secondary N) is 1. The second kappa shape index (κ2) is 9.98. The van der Waals surface area contributed by atoms with E-state index >= 15 is 0 Å². The molecule has 0 heterocycles. The van der Waals surface area contributed by atoms with Crippen LogP contribution in [0, 0.1) is 29.1 Å². The summed E-state index contributed by atoms with van der Waals surface area (Å²) in [7, 11) is -2.30. The first-order chi connectivity index (χ1) is 12.2. The minimum atomic E-state index is -2.30. The van der Waals surface area contributed by atoms with Crippen LogP contribution in [-0.4, -0.2) is 34.2 Å². The largest absolute Gasteiger partial charge is 0.395 e. The number of benzene rings is 1. The Kier molecular flexibility index (Phi) is 8.64. The van der Waals surface area contributed by atoms with E-state index in [0.29, 0.717) is 32.1 Å². The first kappa shape index (κ1) is 22.5. The lowest BCUT2D eigenvalue weighted by Gasteiger charge is -2.25. The maximum Gasteiger partial charge on any atom is 0.334 e. The molecule has 4 nitrogen and oxygen atoms in total. The van der Waals surface area contributed by atoms with Gasteiger partial charge in [-0.15, -0.1) is 0 Å². The van der Waals surface area contributed by atoms with Crippen LogP contribution in [0.1, 0.15) is 37.0 Å². The molecule has 148 valence electrons. The minimum absolute atomic E-state index is 0.0149. The average molecular weight is 399 g/mol. The van der Waals surface area contributed by atoms with Crippen LogP contribution in [-0.2, 0) is 8.85 Å². The van der Waals surface area contributed by atoms with Crippen molar-refractivity contribution in [1.29, 1.82) is 0 Å². The van der Waals surface area contributed by atoms with Gasteiger partial charge in [0.1, 0.15) is 5.56 Å². The molecule has 0 radical (unpaired) electrons. The summed E-state index contributed by atoms with van der Waals surface area (Å²) in [5.41, 5.74) is -1.48. The SMILES string of the molecule is CCO[Si](C)(CCCCNC(=O)c1c(F)c(F)c(F)c(F)c1F)OCC. The zero-order valence-corrected chi connectivity index (χ0v) is 15.9. The molecule has 0 aliphatic carbocycles. The Balaban J connectivity index is 2.61. The Hall–Kier alpha value is -1.52. The van der Waals surface area contributed by atoms with Gasteiger partial charge in [-0.2, -0.15) is 0 Å². The number of rotatable bonds is 10. The third kappa shape index (κ3) is 5.48. The molecule has 1 aromatic carbocycles. The maximum absolute atomic E-state index is 13.5. The number of unbranched alkanes of at least 4 members (excludes halogenated alkanes) is 1. The molecule has 1 N–H and O–H groups in total. The van der Waals surface area contributed by atoms with Gasteiger partial charge in [0, 0.05) is 19.8 Å². The first-order valence-corrected chi connectivity index (χ1v) is 10.8. The van der Waals surface area contributed by atoms with Crippen LogP contribution in [0.15, 0.2) is 0 Å². The number of amides is 1. The zero-order chi connectivity index (χ0) is 19.9. The minimum Gasteiger partial charge on any atom is -0.395 e. The van der Waals surface area contributed by atoms with E-state index in [4.69, 9.17) is 8.85 Å². The molecule has 0 aliphatic heterocycles. The summed E-state index contributed by atoms with van der Waals surface area (Å²) in [5.74, 6) is -12.2. The van der Waals surface area contributed by atoms with Crippen molar-refractivity contribution in [3.05, 3.63) is 34.6 Å². The fourth-order valence-electron chi connectivity index (χ4n) is 2.46. The van der Waals surface area contributed by atoms with E-state index in [0.717, 1.165) is 0 Å². The van der Waals surface area contributed by atoms with Gasteiger partial charge < -0.3 is 14.2 Å². The highest BCUT2D eigenvalue weighted by Gasteiger charge is 2.31. The van der Waals surface area contributed by atoms with Crippen LogP contribution in [0.4, 0.5) is 22.0 Å². The Morgan fingerprint density at radius 1 is 0.885 bits per heavy atom. The molecule has 1 rings (SSSR count). The van der Waals surface area contributed by atoms with Crippen LogP contribution in [0.5, 0.6) is 0 Å². The van der Waals surface area contributed by atoms with Crippen LogP contribution in [0.3, 0.4) is 0 Å². The lowest BCUT2D eigenvalue weighted by Crippen LogP contribution is -2.38. The fraction of sp³-hybridized carbons (Fsp3) is 0.562. The maximum atomic E-state index is 13.5. The van der Waals surface area contributed by atoms with Crippen molar-refractivity contribution in [3.8, 4) is 0 Å². The Morgan fingerprint density at radius 2 is 1.35 bits per heavy atom. The molecule has 0 aliphatic rings. The monoisotopic (exact) mass is 399 g/mol. The summed E-state index contributed by atoms with van der Waals surface area (Å²) in [6.45, 7) is 6.66. The number of carbonyl (C=O) groups excluding carboxylic acids is 1. The average Bonchev–Trinajstić information content (AvgIpc) is 2.58. The van der Waals surface area contributed by atoms with Crippen LogP contribution in [0.2, 0.25) is 12.6 Å². The molecule has 0 spiro atoms. The van der Waals surface area contributed by atoms with E-state index in [2.05, 4.69) is 5.32 Å². The Bertz CT molecular complexity index is 610. The number of carbonyl (C=O) groups is 1. The topological polar surface area (TPSA) is 47.6 Å². The van der Waals surface area contributed by atoms with Gasteiger partial charge in [0.2, 0.25) is 5.82 Å². The highest BCUT2D eigenvalue weighted by atomic mass is 28.4. The lowest BCUT2D eigenvalue weighted by atomic mass is 10.1. The second-order valence-electron chi connectivity index (χ2n) is 5.66. The summed E-state index contributed by atoms with van der Waals surface area (Å²) in [6.07, 6.45) is 1.05. The molecule has 0 unspecified atom stereocenters. The van der Waals surface area contributed by atoms with Gasteiger partial charge in [0.25, 0.3) is 5.91 Å². The summed E-state index contributed by atoms with van der Waals surface area (Å²) in [4.78, 5) is 11.8. The van der Waals surface area contributed by atoms with Gasteiger partial charge in [-0.25, -0.2) is 22.0 Å². The molecule has 1 amide bonds. The molecule has 0 fully saturated rings. The molecular weight excluding hydrogens is 377 g/mol. The van der Waals surface area contributed by atoms with E-state index in [1.54, 1.807) is 0 Å². The molecule has 10 heteroatoms. The normalized spacial score (nSPS) is 11.7. The quantitative estimate of drug-likeness (QED) is 0.212. The van der Waals surface area contributed by atoms with Crippen molar-refractivity contribution < 1.29 is 35.6 Å². The van der Waals surface area contributed by atoms with E-state index < -0.39 is 49.1 Å². The van der Waals surface area contributed by atoms with Crippen molar-refractivity contribution >= 4 is 14.5 Å². The smallest absolute Gasteiger partial charge is 0.334 e. The van der Waals surface area contributed by atoms with Crippen LogP contribution >= 0.6 is 0 Å². The molecule has 0 aromatic heterocycles. The van der Waals surface area contributed by atoms with Crippen molar-refractivity contribution in [1.82, 2.24) is 5.32 Å². The van der Waals surface area contributed by atoms with Crippen molar-refractivity contribution in [2.24, 2.45) is 0 Å². The molecule has 0 saturated heterocycles. The van der Waals surface area contributed by atoms with Gasteiger partial charge in [-0.3, -0.25) is 4.79 Å². The number of halogens is 5. The summed E-state index contributed by atoms with van der Waals surface area (Å²) < 4.78 is 77.6. The molecule has 1 aromatic rings.